The van der Waals surface area contributed by atoms with Crippen molar-refractivity contribution in [2.24, 2.45) is 0 Å². The van der Waals surface area contributed by atoms with E-state index < -0.39 is 0 Å². The first-order valence-corrected chi connectivity index (χ1v) is 3.13. The Morgan fingerprint density at radius 3 is 2.70 bits per heavy atom. The van der Waals surface area contributed by atoms with Gasteiger partial charge in [0.05, 0.1) is 26.7 Å². The van der Waals surface area contributed by atoms with E-state index in [2.05, 4.69) is 4.74 Å². The van der Waals surface area contributed by atoms with E-state index >= 15 is 0 Å². The average Bonchev–Trinajstić information content (AvgIpc) is 2.40. The predicted octanol–water partition coefficient (Wildman–Crippen LogP) is -0.0776. The Balaban J connectivity index is 2.17. The van der Waals surface area contributed by atoms with Crippen molar-refractivity contribution in [3.05, 3.63) is 0 Å². The first-order valence-electron chi connectivity index (χ1n) is 3.13. The molecule has 10 heavy (non-hydrogen) atoms. The third kappa shape index (κ3) is 1.97. The van der Waals surface area contributed by atoms with Crippen molar-refractivity contribution >= 4 is 5.97 Å². The normalized spacial score (nSPS) is 19.3. The number of methoxy groups -OCH3 is 1. The van der Waals surface area contributed by atoms with Gasteiger partial charge in [-0.15, -0.1) is 0 Å². The summed E-state index contributed by atoms with van der Waals surface area (Å²) in [6.45, 7) is 1.14. The number of ether oxygens (including phenoxy) is 3. The van der Waals surface area contributed by atoms with Gasteiger partial charge in [-0.3, -0.25) is 4.79 Å². The maximum atomic E-state index is 10.6. The van der Waals surface area contributed by atoms with Crippen LogP contribution >= 0.6 is 0 Å². The van der Waals surface area contributed by atoms with Crippen LogP contribution in [0.5, 0.6) is 0 Å². The van der Waals surface area contributed by atoms with Crippen LogP contribution in [0, 0.1) is 0 Å². The molecule has 4 nitrogen and oxygen atoms in total. The standard InChI is InChI=1S/C6H10O4/c1-8-5(7)4-6-9-2-3-10-6/h6H,2-4H2,1H3. The number of hydrogen-bond donors (Lipinski definition) is 0. The van der Waals surface area contributed by atoms with E-state index in [1.807, 2.05) is 0 Å². The van der Waals surface area contributed by atoms with Gasteiger partial charge in [-0.25, -0.2) is 0 Å². The molecule has 58 valence electrons. The Morgan fingerprint density at radius 2 is 2.20 bits per heavy atom. The molecule has 0 aromatic heterocycles. The Hall–Kier alpha value is -0.610. The lowest BCUT2D eigenvalue weighted by molar-refractivity contribution is -0.149. The van der Waals surface area contributed by atoms with Crippen LogP contribution in [0.1, 0.15) is 6.42 Å². The zero-order chi connectivity index (χ0) is 7.40. The summed E-state index contributed by atoms with van der Waals surface area (Å²) in [5.41, 5.74) is 0. The van der Waals surface area contributed by atoms with Crippen LogP contribution in [-0.4, -0.2) is 32.6 Å². The van der Waals surface area contributed by atoms with Crippen LogP contribution in [0.4, 0.5) is 0 Å². The second-order valence-corrected chi connectivity index (χ2v) is 1.95. The van der Waals surface area contributed by atoms with Crippen LogP contribution in [0.2, 0.25) is 0 Å². The number of carbonyl (C=O) groups excluding carboxylic acids is 1. The highest BCUT2D eigenvalue weighted by Crippen LogP contribution is 2.07. The molecule has 1 saturated heterocycles. The molecule has 0 spiro atoms. The van der Waals surface area contributed by atoms with E-state index in [9.17, 15) is 4.79 Å². The lowest BCUT2D eigenvalue weighted by atomic mass is 10.4. The number of hydrogen-bond acceptors (Lipinski definition) is 4. The van der Waals surface area contributed by atoms with Gasteiger partial charge in [0.2, 0.25) is 0 Å². The molecule has 1 rings (SSSR count). The van der Waals surface area contributed by atoms with Crippen LogP contribution in [0.25, 0.3) is 0 Å². The number of carbonyl (C=O) groups is 1. The van der Waals surface area contributed by atoms with E-state index in [1.54, 1.807) is 0 Å². The fourth-order valence-electron chi connectivity index (χ4n) is 0.744. The van der Waals surface area contributed by atoms with Gasteiger partial charge in [0.15, 0.2) is 6.29 Å². The highest BCUT2D eigenvalue weighted by molar-refractivity contribution is 5.69. The number of rotatable bonds is 2. The SMILES string of the molecule is COC(=O)CC1OCCO1. The molecule has 0 aliphatic carbocycles. The molecule has 0 atom stereocenters. The van der Waals surface area contributed by atoms with Crippen molar-refractivity contribution in [2.75, 3.05) is 20.3 Å². The second-order valence-electron chi connectivity index (χ2n) is 1.95. The summed E-state index contributed by atoms with van der Waals surface area (Å²) in [5, 5.41) is 0. The molecule has 1 aliphatic rings. The van der Waals surface area contributed by atoms with Gasteiger partial charge < -0.3 is 14.2 Å². The average molecular weight is 146 g/mol. The molecule has 1 fully saturated rings. The summed E-state index contributed by atoms with van der Waals surface area (Å²) < 4.78 is 14.4. The topological polar surface area (TPSA) is 44.8 Å². The minimum atomic E-state index is -0.382. The van der Waals surface area contributed by atoms with Gasteiger partial charge >= 0.3 is 5.97 Å². The van der Waals surface area contributed by atoms with Crippen molar-refractivity contribution in [1.29, 1.82) is 0 Å². The van der Waals surface area contributed by atoms with Crippen molar-refractivity contribution < 1.29 is 19.0 Å². The van der Waals surface area contributed by atoms with Crippen molar-refractivity contribution in [1.82, 2.24) is 0 Å². The quantitative estimate of drug-likeness (QED) is 0.511. The molecule has 0 radical (unpaired) electrons. The van der Waals surface area contributed by atoms with E-state index in [-0.39, 0.29) is 18.7 Å². The number of esters is 1. The summed E-state index contributed by atoms with van der Waals surface area (Å²) in [5.74, 6) is -0.299. The molecular weight excluding hydrogens is 136 g/mol. The summed E-state index contributed by atoms with van der Waals surface area (Å²) >= 11 is 0. The molecule has 4 heteroatoms. The summed E-state index contributed by atoms with van der Waals surface area (Å²) in [7, 11) is 1.34. The summed E-state index contributed by atoms with van der Waals surface area (Å²) in [6.07, 6.45) is -0.191. The zero-order valence-electron chi connectivity index (χ0n) is 5.83. The van der Waals surface area contributed by atoms with Gasteiger partial charge in [0, 0.05) is 0 Å². The minimum Gasteiger partial charge on any atom is -0.469 e. The molecule has 0 bridgehead atoms. The van der Waals surface area contributed by atoms with Crippen LogP contribution < -0.4 is 0 Å². The maximum Gasteiger partial charge on any atom is 0.310 e. The molecule has 0 aromatic rings. The predicted molar refractivity (Wildman–Crippen MR) is 32.3 cm³/mol. The van der Waals surface area contributed by atoms with Crippen LogP contribution in [0.3, 0.4) is 0 Å². The minimum absolute atomic E-state index is 0.191. The first kappa shape index (κ1) is 7.50. The van der Waals surface area contributed by atoms with Gasteiger partial charge in [-0.2, -0.15) is 0 Å². The lowest BCUT2D eigenvalue weighted by Crippen LogP contribution is -2.14. The molecule has 0 aromatic carbocycles. The van der Waals surface area contributed by atoms with Crippen LogP contribution in [-0.2, 0) is 19.0 Å². The van der Waals surface area contributed by atoms with Crippen molar-refractivity contribution in [3.8, 4) is 0 Å². The smallest absolute Gasteiger partial charge is 0.310 e. The maximum absolute atomic E-state index is 10.6. The van der Waals surface area contributed by atoms with E-state index in [4.69, 9.17) is 9.47 Å². The highest BCUT2D eigenvalue weighted by atomic mass is 16.7. The van der Waals surface area contributed by atoms with Gasteiger partial charge in [-0.05, 0) is 0 Å². The Kier molecular flexibility index (Phi) is 2.65. The third-order valence-electron chi connectivity index (χ3n) is 1.25. The monoisotopic (exact) mass is 146 g/mol. The molecule has 0 amide bonds. The zero-order valence-corrected chi connectivity index (χ0v) is 5.83. The first-order chi connectivity index (χ1) is 4.83. The fraction of sp³-hybridized carbons (Fsp3) is 0.833. The van der Waals surface area contributed by atoms with E-state index in [0.29, 0.717) is 13.2 Å². The molecule has 0 unspecified atom stereocenters. The Labute approximate surface area is 59.1 Å². The van der Waals surface area contributed by atoms with Gasteiger partial charge in [0.25, 0.3) is 0 Å². The third-order valence-corrected chi connectivity index (χ3v) is 1.25. The summed E-state index contributed by atoms with van der Waals surface area (Å²) in [4.78, 5) is 10.6. The molecular formula is C6H10O4. The molecule has 0 N–H and O–H groups in total. The van der Waals surface area contributed by atoms with Gasteiger partial charge in [0.1, 0.15) is 0 Å². The fourth-order valence-corrected chi connectivity index (χ4v) is 0.744. The molecule has 1 heterocycles. The second kappa shape index (κ2) is 3.53. The van der Waals surface area contributed by atoms with E-state index in [1.165, 1.54) is 7.11 Å². The van der Waals surface area contributed by atoms with Crippen molar-refractivity contribution in [2.45, 2.75) is 12.7 Å². The summed E-state index contributed by atoms with van der Waals surface area (Å²) in [6, 6.07) is 0. The largest absolute Gasteiger partial charge is 0.469 e. The Morgan fingerprint density at radius 1 is 1.60 bits per heavy atom. The van der Waals surface area contributed by atoms with Gasteiger partial charge in [-0.1, -0.05) is 0 Å². The van der Waals surface area contributed by atoms with Crippen LogP contribution in [0.15, 0.2) is 0 Å². The Bertz CT molecular complexity index is 117. The molecule has 1 aliphatic heterocycles. The van der Waals surface area contributed by atoms with Crippen molar-refractivity contribution in [3.63, 3.8) is 0 Å². The highest BCUT2D eigenvalue weighted by Gasteiger charge is 2.19. The molecule has 0 saturated carbocycles. The van der Waals surface area contributed by atoms with E-state index in [0.717, 1.165) is 0 Å². The lowest BCUT2D eigenvalue weighted by Gasteiger charge is -2.05.